The van der Waals surface area contributed by atoms with Crippen molar-refractivity contribution in [1.82, 2.24) is 0 Å². The van der Waals surface area contributed by atoms with Gasteiger partial charge in [0, 0.05) is 11.8 Å². The van der Waals surface area contributed by atoms with E-state index in [1.165, 1.54) is 17.7 Å². The van der Waals surface area contributed by atoms with E-state index in [1.807, 2.05) is 24.3 Å². The second-order valence-corrected chi connectivity index (χ2v) is 5.54. The summed E-state index contributed by atoms with van der Waals surface area (Å²) in [7, 11) is 0. The molecule has 1 aliphatic heterocycles. The fourth-order valence-corrected chi connectivity index (χ4v) is 2.69. The fraction of sp³-hybridized carbons (Fsp3) is 0.222. The Morgan fingerprint density at radius 1 is 1.17 bits per heavy atom. The molecule has 1 saturated heterocycles. The second-order valence-electron chi connectivity index (χ2n) is 5.54. The van der Waals surface area contributed by atoms with Crippen molar-refractivity contribution in [2.24, 2.45) is 0 Å². The average Bonchev–Trinajstić information content (AvgIpc) is 2.82. The number of benzene rings is 2. The highest BCUT2D eigenvalue weighted by atomic mass is 16.3. The van der Waals surface area contributed by atoms with Gasteiger partial charge in [0.25, 0.3) is 5.91 Å². The zero-order chi connectivity index (χ0) is 16.4. The minimum atomic E-state index is -0.586. The van der Waals surface area contributed by atoms with Crippen LogP contribution in [0.1, 0.15) is 18.9 Å². The van der Waals surface area contributed by atoms with Crippen molar-refractivity contribution in [2.45, 2.75) is 25.8 Å². The van der Waals surface area contributed by atoms with Gasteiger partial charge >= 0.3 is 0 Å². The van der Waals surface area contributed by atoms with Crippen molar-refractivity contribution < 1.29 is 14.7 Å². The number of imide groups is 1. The zero-order valence-corrected chi connectivity index (χ0v) is 12.8. The summed E-state index contributed by atoms with van der Waals surface area (Å²) >= 11 is 0. The summed E-state index contributed by atoms with van der Waals surface area (Å²) in [5.74, 6) is -0.557. The number of aryl methyl sites for hydroxylation is 1. The Kier molecular flexibility index (Phi) is 4.02. The van der Waals surface area contributed by atoms with Crippen LogP contribution in [0.5, 0.6) is 5.75 Å². The number of hydrogen-bond acceptors (Lipinski definition) is 4. The third-order valence-corrected chi connectivity index (χ3v) is 3.94. The van der Waals surface area contributed by atoms with Crippen LogP contribution in [-0.2, 0) is 16.0 Å². The Morgan fingerprint density at radius 3 is 2.57 bits per heavy atom. The van der Waals surface area contributed by atoms with Crippen LogP contribution < -0.4 is 10.2 Å². The van der Waals surface area contributed by atoms with E-state index in [1.54, 1.807) is 12.1 Å². The lowest BCUT2D eigenvalue weighted by molar-refractivity contribution is -0.121. The van der Waals surface area contributed by atoms with Crippen molar-refractivity contribution in [3.05, 3.63) is 54.1 Å². The molecule has 0 aliphatic carbocycles. The highest BCUT2D eigenvalue weighted by Gasteiger charge is 2.39. The summed E-state index contributed by atoms with van der Waals surface area (Å²) in [6.45, 7) is 2.08. The van der Waals surface area contributed by atoms with Gasteiger partial charge in [-0.2, -0.15) is 0 Å². The van der Waals surface area contributed by atoms with E-state index in [0.717, 1.165) is 17.0 Å². The highest BCUT2D eigenvalue weighted by molar-refractivity contribution is 6.23. The average molecular weight is 310 g/mol. The molecular formula is C18H18N2O3. The summed E-state index contributed by atoms with van der Waals surface area (Å²) in [4.78, 5) is 25.8. The second kappa shape index (κ2) is 6.12. The fourth-order valence-electron chi connectivity index (χ4n) is 2.69. The molecule has 5 heteroatoms. The SMILES string of the molecule is CCc1ccc(NC2CC(=O)N(c3cccc(O)c3)C2=O)cc1. The first-order valence-corrected chi connectivity index (χ1v) is 7.60. The van der Waals surface area contributed by atoms with Crippen LogP contribution in [0, 0.1) is 0 Å². The number of anilines is 2. The topological polar surface area (TPSA) is 69.6 Å². The van der Waals surface area contributed by atoms with Crippen LogP contribution in [0.4, 0.5) is 11.4 Å². The molecule has 1 heterocycles. The summed E-state index contributed by atoms with van der Waals surface area (Å²) in [5.41, 5.74) is 2.42. The van der Waals surface area contributed by atoms with E-state index in [2.05, 4.69) is 12.2 Å². The van der Waals surface area contributed by atoms with Crippen LogP contribution in [-0.4, -0.2) is 23.0 Å². The van der Waals surface area contributed by atoms with Gasteiger partial charge in [-0.25, -0.2) is 4.90 Å². The first kappa shape index (κ1) is 15.1. The molecule has 118 valence electrons. The number of carbonyl (C=O) groups excluding carboxylic acids is 2. The van der Waals surface area contributed by atoms with Gasteiger partial charge in [0.2, 0.25) is 5.91 Å². The molecule has 2 aromatic carbocycles. The van der Waals surface area contributed by atoms with Crippen LogP contribution >= 0.6 is 0 Å². The van der Waals surface area contributed by atoms with Gasteiger partial charge in [-0.15, -0.1) is 0 Å². The lowest BCUT2D eigenvalue weighted by Crippen LogP contribution is -2.34. The molecule has 0 bridgehead atoms. The van der Waals surface area contributed by atoms with E-state index >= 15 is 0 Å². The lowest BCUT2D eigenvalue weighted by Gasteiger charge is -2.16. The third kappa shape index (κ3) is 3.04. The standard InChI is InChI=1S/C18H18N2O3/c1-2-12-6-8-13(9-7-12)19-16-11-17(22)20(18(16)23)14-4-3-5-15(21)10-14/h3-10,16,19,21H,2,11H2,1H3. The van der Waals surface area contributed by atoms with Gasteiger partial charge < -0.3 is 10.4 Å². The van der Waals surface area contributed by atoms with Crippen molar-refractivity contribution in [1.29, 1.82) is 0 Å². The van der Waals surface area contributed by atoms with E-state index in [4.69, 9.17) is 0 Å². The maximum atomic E-state index is 12.5. The zero-order valence-electron chi connectivity index (χ0n) is 12.8. The molecule has 2 amide bonds. The molecular weight excluding hydrogens is 292 g/mol. The van der Waals surface area contributed by atoms with Gasteiger partial charge in [-0.1, -0.05) is 25.1 Å². The van der Waals surface area contributed by atoms with Gasteiger partial charge in [-0.3, -0.25) is 9.59 Å². The molecule has 23 heavy (non-hydrogen) atoms. The third-order valence-electron chi connectivity index (χ3n) is 3.94. The number of phenolic OH excluding ortho intramolecular Hbond substituents is 1. The van der Waals surface area contributed by atoms with Crippen molar-refractivity contribution in [3.63, 3.8) is 0 Å². The van der Waals surface area contributed by atoms with E-state index in [9.17, 15) is 14.7 Å². The van der Waals surface area contributed by atoms with Crippen molar-refractivity contribution in [2.75, 3.05) is 10.2 Å². The molecule has 0 radical (unpaired) electrons. The minimum absolute atomic E-state index is 0.0228. The largest absolute Gasteiger partial charge is 0.508 e. The molecule has 1 fully saturated rings. The number of aromatic hydroxyl groups is 1. The van der Waals surface area contributed by atoms with Crippen LogP contribution in [0.15, 0.2) is 48.5 Å². The number of rotatable bonds is 4. The summed E-state index contributed by atoms with van der Waals surface area (Å²) in [6.07, 6.45) is 1.05. The summed E-state index contributed by atoms with van der Waals surface area (Å²) < 4.78 is 0. The number of carbonyl (C=O) groups is 2. The number of nitrogens with zero attached hydrogens (tertiary/aromatic N) is 1. The van der Waals surface area contributed by atoms with Crippen LogP contribution in [0.2, 0.25) is 0 Å². The first-order chi connectivity index (χ1) is 11.1. The predicted octanol–water partition coefficient (Wildman–Crippen LogP) is 2.70. The van der Waals surface area contributed by atoms with Crippen molar-refractivity contribution >= 4 is 23.2 Å². The van der Waals surface area contributed by atoms with Gasteiger partial charge in [-0.05, 0) is 36.2 Å². The molecule has 1 atom stereocenters. The first-order valence-electron chi connectivity index (χ1n) is 7.60. The monoisotopic (exact) mass is 310 g/mol. The Balaban J connectivity index is 1.78. The Bertz CT molecular complexity index is 740. The van der Waals surface area contributed by atoms with Crippen molar-refractivity contribution in [3.8, 4) is 5.75 Å². The maximum absolute atomic E-state index is 12.5. The summed E-state index contributed by atoms with van der Waals surface area (Å²) in [5, 5.41) is 12.6. The predicted molar refractivity (Wildman–Crippen MR) is 88.4 cm³/mol. The Hall–Kier alpha value is -2.82. The van der Waals surface area contributed by atoms with E-state index in [-0.39, 0.29) is 24.0 Å². The number of phenols is 1. The lowest BCUT2D eigenvalue weighted by atomic mass is 10.1. The van der Waals surface area contributed by atoms with E-state index in [0.29, 0.717) is 5.69 Å². The molecule has 5 nitrogen and oxygen atoms in total. The number of hydrogen-bond donors (Lipinski definition) is 2. The van der Waals surface area contributed by atoms with Crippen LogP contribution in [0.3, 0.4) is 0 Å². The highest BCUT2D eigenvalue weighted by Crippen LogP contribution is 2.27. The van der Waals surface area contributed by atoms with E-state index < -0.39 is 6.04 Å². The Morgan fingerprint density at radius 2 is 1.91 bits per heavy atom. The quantitative estimate of drug-likeness (QED) is 0.852. The van der Waals surface area contributed by atoms with Gasteiger partial charge in [0.05, 0.1) is 12.1 Å². The molecule has 1 aliphatic rings. The molecule has 3 rings (SSSR count). The number of amides is 2. The maximum Gasteiger partial charge on any atom is 0.256 e. The molecule has 1 unspecified atom stereocenters. The smallest absolute Gasteiger partial charge is 0.256 e. The number of nitrogens with one attached hydrogen (secondary N) is 1. The molecule has 2 aromatic rings. The minimum Gasteiger partial charge on any atom is -0.508 e. The molecule has 0 spiro atoms. The Labute approximate surface area is 134 Å². The normalized spacial score (nSPS) is 17.6. The summed E-state index contributed by atoms with van der Waals surface area (Å²) in [6, 6.07) is 13.4. The van der Waals surface area contributed by atoms with Gasteiger partial charge in [0.1, 0.15) is 11.8 Å². The molecule has 0 aromatic heterocycles. The molecule has 2 N–H and O–H groups in total. The van der Waals surface area contributed by atoms with Gasteiger partial charge in [0.15, 0.2) is 0 Å². The van der Waals surface area contributed by atoms with Crippen LogP contribution in [0.25, 0.3) is 0 Å². The molecule has 0 saturated carbocycles.